The Morgan fingerprint density at radius 3 is 2.33 bits per heavy atom. The van der Waals surface area contributed by atoms with Crippen LogP contribution in [0.1, 0.15) is 25.0 Å². The fraction of sp³-hybridized carbons (Fsp3) is 0.500. The van der Waals surface area contributed by atoms with Gasteiger partial charge < -0.3 is 10.0 Å². The van der Waals surface area contributed by atoms with Gasteiger partial charge in [0.15, 0.2) is 0 Å². The Hall–Kier alpha value is -0.570. The second-order valence-corrected chi connectivity index (χ2v) is 5.01. The highest BCUT2D eigenvalue weighted by Crippen LogP contribution is 2.25. The largest absolute Gasteiger partial charge is 0.386 e. The smallest absolute Gasteiger partial charge is 0.0841 e. The van der Waals surface area contributed by atoms with Crippen molar-refractivity contribution in [1.82, 2.24) is 4.90 Å². The summed E-state index contributed by atoms with van der Waals surface area (Å²) in [4.78, 5) is 2.06. The van der Waals surface area contributed by atoms with E-state index in [1.165, 1.54) is 0 Å². The maximum Gasteiger partial charge on any atom is 0.0841 e. The Bertz CT molecular complexity index is 342. The minimum absolute atomic E-state index is 0.711. The second-order valence-electron chi connectivity index (χ2n) is 4.60. The van der Waals surface area contributed by atoms with Crippen molar-refractivity contribution >= 4 is 11.6 Å². The second kappa shape index (κ2) is 4.52. The SMILES string of the molecule is CN(C)Cc1ccc(C(C)(C)O)cc1Cl. The van der Waals surface area contributed by atoms with Crippen LogP contribution in [0.3, 0.4) is 0 Å². The Balaban J connectivity index is 2.98. The quantitative estimate of drug-likeness (QED) is 0.858. The molecule has 2 nitrogen and oxygen atoms in total. The number of nitrogens with zero attached hydrogens (tertiary/aromatic N) is 1. The van der Waals surface area contributed by atoms with E-state index in [0.717, 1.165) is 17.7 Å². The average molecular weight is 228 g/mol. The van der Waals surface area contributed by atoms with Crippen LogP contribution in [0.4, 0.5) is 0 Å². The van der Waals surface area contributed by atoms with Crippen LogP contribution in [0.15, 0.2) is 18.2 Å². The summed E-state index contributed by atoms with van der Waals surface area (Å²) in [6.45, 7) is 4.32. The van der Waals surface area contributed by atoms with Crippen LogP contribution in [-0.2, 0) is 12.1 Å². The first-order valence-corrected chi connectivity index (χ1v) is 5.34. The van der Waals surface area contributed by atoms with Crippen molar-refractivity contribution in [3.63, 3.8) is 0 Å². The zero-order chi connectivity index (χ0) is 11.6. The van der Waals surface area contributed by atoms with Crippen molar-refractivity contribution in [3.8, 4) is 0 Å². The molecule has 15 heavy (non-hydrogen) atoms. The van der Waals surface area contributed by atoms with Gasteiger partial charge in [-0.05, 0) is 45.1 Å². The van der Waals surface area contributed by atoms with Gasteiger partial charge in [-0.2, -0.15) is 0 Å². The van der Waals surface area contributed by atoms with Crippen LogP contribution in [0.5, 0.6) is 0 Å². The molecule has 1 aromatic carbocycles. The third-order valence-electron chi connectivity index (χ3n) is 2.25. The van der Waals surface area contributed by atoms with E-state index in [0.29, 0.717) is 5.02 Å². The van der Waals surface area contributed by atoms with Gasteiger partial charge in [-0.25, -0.2) is 0 Å². The zero-order valence-electron chi connectivity index (χ0n) is 9.71. The molecule has 1 aromatic rings. The molecule has 0 saturated heterocycles. The normalized spacial score (nSPS) is 12.2. The molecule has 0 bridgehead atoms. The molecule has 0 fully saturated rings. The highest BCUT2D eigenvalue weighted by molar-refractivity contribution is 6.31. The molecule has 0 heterocycles. The minimum atomic E-state index is -0.833. The van der Waals surface area contributed by atoms with E-state index in [9.17, 15) is 5.11 Å². The van der Waals surface area contributed by atoms with E-state index in [2.05, 4.69) is 4.90 Å². The molecule has 0 radical (unpaired) electrons. The molecule has 1 rings (SSSR count). The third kappa shape index (κ3) is 3.49. The lowest BCUT2D eigenvalue weighted by molar-refractivity contribution is 0.0786. The number of hydrogen-bond donors (Lipinski definition) is 1. The van der Waals surface area contributed by atoms with Crippen LogP contribution in [0, 0.1) is 0 Å². The van der Waals surface area contributed by atoms with Gasteiger partial charge in [0.2, 0.25) is 0 Å². The topological polar surface area (TPSA) is 23.5 Å². The van der Waals surface area contributed by atoms with Crippen LogP contribution in [0.2, 0.25) is 5.02 Å². The first kappa shape index (κ1) is 12.5. The van der Waals surface area contributed by atoms with E-state index in [-0.39, 0.29) is 0 Å². The fourth-order valence-electron chi connectivity index (χ4n) is 1.40. The van der Waals surface area contributed by atoms with Gasteiger partial charge in [0, 0.05) is 11.6 Å². The molecule has 0 unspecified atom stereocenters. The third-order valence-corrected chi connectivity index (χ3v) is 2.60. The van der Waals surface area contributed by atoms with E-state index in [1.54, 1.807) is 13.8 Å². The average Bonchev–Trinajstić information content (AvgIpc) is 2.05. The van der Waals surface area contributed by atoms with E-state index >= 15 is 0 Å². The van der Waals surface area contributed by atoms with Crippen molar-refractivity contribution < 1.29 is 5.11 Å². The van der Waals surface area contributed by atoms with Gasteiger partial charge in [0.05, 0.1) is 5.60 Å². The number of aliphatic hydroxyl groups is 1. The lowest BCUT2D eigenvalue weighted by Crippen LogP contribution is -2.16. The van der Waals surface area contributed by atoms with Crippen LogP contribution in [0.25, 0.3) is 0 Å². The number of benzene rings is 1. The summed E-state index contributed by atoms with van der Waals surface area (Å²) in [6, 6.07) is 5.72. The lowest BCUT2D eigenvalue weighted by atomic mass is 9.97. The number of rotatable bonds is 3. The summed E-state index contributed by atoms with van der Waals surface area (Å²) >= 11 is 6.14. The summed E-state index contributed by atoms with van der Waals surface area (Å²) in [7, 11) is 4.00. The molecule has 0 atom stereocenters. The van der Waals surface area contributed by atoms with E-state index < -0.39 is 5.60 Å². The minimum Gasteiger partial charge on any atom is -0.386 e. The molecule has 0 saturated carbocycles. The zero-order valence-corrected chi connectivity index (χ0v) is 10.5. The summed E-state index contributed by atoms with van der Waals surface area (Å²) in [5.41, 5.74) is 1.09. The van der Waals surface area contributed by atoms with Crippen LogP contribution < -0.4 is 0 Å². The van der Waals surface area contributed by atoms with Gasteiger partial charge in [-0.3, -0.25) is 0 Å². The Morgan fingerprint density at radius 1 is 1.33 bits per heavy atom. The molecule has 0 amide bonds. The van der Waals surface area contributed by atoms with Crippen LogP contribution >= 0.6 is 11.6 Å². The van der Waals surface area contributed by atoms with Crippen LogP contribution in [-0.4, -0.2) is 24.1 Å². The highest BCUT2D eigenvalue weighted by atomic mass is 35.5. The molecule has 0 aromatic heterocycles. The monoisotopic (exact) mass is 227 g/mol. The summed E-state index contributed by atoms with van der Waals surface area (Å²) < 4.78 is 0. The number of halogens is 1. The molecule has 0 aliphatic heterocycles. The standard InChI is InChI=1S/C12H18ClNO/c1-12(2,15)10-6-5-9(8-14(3)4)11(13)7-10/h5-7,15H,8H2,1-4H3. The summed E-state index contributed by atoms with van der Waals surface area (Å²) in [5, 5.41) is 10.5. The maximum atomic E-state index is 9.82. The molecule has 0 aliphatic rings. The van der Waals surface area contributed by atoms with Crippen molar-refractivity contribution in [2.75, 3.05) is 14.1 Å². The lowest BCUT2D eigenvalue weighted by Gasteiger charge is -2.19. The molecular formula is C12H18ClNO. The molecule has 3 heteroatoms. The predicted octanol–water partition coefficient (Wildman–Crippen LogP) is 2.63. The van der Waals surface area contributed by atoms with Gasteiger partial charge in [-0.1, -0.05) is 23.7 Å². The Labute approximate surface area is 96.5 Å². The highest BCUT2D eigenvalue weighted by Gasteiger charge is 2.16. The van der Waals surface area contributed by atoms with Crippen molar-refractivity contribution in [2.24, 2.45) is 0 Å². The molecule has 0 spiro atoms. The molecular weight excluding hydrogens is 210 g/mol. The van der Waals surface area contributed by atoms with E-state index in [1.807, 2.05) is 32.3 Å². The summed E-state index contributed by atoms with van der Waals surface area (Å²) in [5.74, 6) is 0. The molecule has 1 N–H and O–H groups in total. The van der Waals surface area contributed by atoms with Gasteiger partial charge >= 0.3 is 0 Å². The molecule has 84 valence electrons. The number of hydrogen-bond acceptors (Lipinski definition) is 2. The van der Waals surface area contributed by atoms with Crippen molar-refractivity contribution in [2.45, 2.75) is 26.0 Å². The predicted molar refractivity (Wildman–Crippen MR) is 64.1 cm³/mol. The van der Waals surface area contributed by atoms with Gasteiger partial charge in [0.25, 0.3) is 0 Å². The van der Waals surface area contributed by atoms with Crippen molar-refractivity contribution in [3.05, 3.63) is 34.3 Å². The first-order chi connectivity index (χ1) is 6.80. The van der Waals surface area contributed by atoms with Crippen molar-refractivity contribution in [1.29, 1.82) is 0 Å². The Morgan fingerprint density at radius 2 is 1.93 bits per heavy atom. The van der Waals surface area contributed by atoms with E-state index in [4.69, 9.17) is 11.6 Å². The summed E-state index contributed by atoms with van der Waals surface area (Å²) in [6.07, 6.45) is 0. The Kier molecular flexibility index (Phi) is 3.77. The maximum absolute atomic E-state index is 9.82. The fourth-order valence-corrected chi connectivity index (χ4v) is 1.64. The first-order valence-electron chi connectivity index (χ1n) is 4.96. The molecule has 0 aliphatic carbocycles. The van der Waals surface area contributed by atoms with Gasteiger partial charge in [-0.15, -0.1) is 0 Å². The van der Waals surface area contributed by atoms with Gasteiger partial charge in [0.1, 0.15) is 0 Å².